The van der Waals surface area contributed by atoms with E-state index in [1.807, 2.05) is 42.5 Å². The number of rotatable bonds is 6. The first-order chi connectivity index (χ1) is 16.6. The van der Waals surface area contributed by atoms with Gasteiger partial charge in [0, 0.05) is 36.7 Å². The van der Waals surface area contributed by atoms with Crippen LogP contribution in [0.4, 0.5) is 5.69 Å². The van der Waals surface area contributed by atoms with Gasteiger partial charge >= 0.3 is 0 Å². The highest BCUT2D eigenvalue weighted by Crippen LogP contribution is 2.42. The van der Waals surface area contributed by atoms with Crippen molar-refractivity contribution < 1.29 is 11.3 Å². The second-order valence-corrected chi connectivity index (χ2v) is 9.58. The Kier molecular flexibility index (Phi) is 5.11. The SMILES string of the molecule is Cc1ccccc1C(NC(=O)c1ccc2[nH]nc(-c3ccc(N4CC(O)C4)cc3)c2c1)C1CC1.[HH]. The molecule has 1 saturated carbocycles. The summed E-state index contributed by atoms with van der Waals surface area (Å²) in [6.45, 7) is 3.46. The predicted molar refractivity (Wildman–Crippen MR) is 136 cm³/mol. The Labute approximate surface area is 200 Å². The second kappa shape index (κ2) is 8.29. The smallest absolute Gasteiger partial charge is 0.251 e. The minimum atomic E-state index is -0.232. The van der Waals surface area contributed by atoms with E-state index in [2.05, 4.69) is 51.6 Å². The van der Waals surface area contributed by atoms with Gasteiger partial charge in [-0.1, -0.05) is 36.4 Å². The van der Waals surface area contributed by atoms with Crippen LogP contribution in [0.5, 0.6) is 0 Å². The van der Waals surface area contributed by atoms with Crippen molar-refractivity contribution in [3.8, 4) is 11.3 Å². The van der Waals surface area contributed by atoms with Crippen LogP contribution < -0.4 is 10.2 Å². The topological polar surface area (TPSA) is 81.2 Å². The fourth-order valence-corrected chi connectivity index (χ4v) is 4.91. The summed E-state index contributed by atoms with van der Waals surface area (Å²) in [5, 5.41) is 21.4. The summed E-state index contributed by atoms with van der Waals surface area (Å²) in [5.74, 6) is 0.449. The van der Waals surface area contributed by atoms with Crippen LogP contribution in [0, 0.1) is 12.8 Å². The van der Waals surface area contributed by atoms with Crippen molar-refractivity contribution in [2.75, 3.05) is 18.0 Å². The van der Waals surface area contributed by atoms with E-state index in [-0.39, 0.29) is 19.5 Å². The number of H-pyrrole nitrogens is 1. The molecule has 1 aromatic heterocycles. The number of nitrogens with one attached hydrogen (secondary N) is 2. The van der Waals surface area contributed by atoms with Gasteiger partial charge in [-0.2, -0.15) is 5.10 Å². The van der Waals surface area contributed by atoms with Gasteiger partial charge in [-0.05, 0) is 67.1 Å². The first-order valence-corrected chi connectivity index (χ1v) is 11.9. The molecule has 6 heteroatoms. The minimum Gasteiger partial charge on any atom is -0.389 e. The first kappa shape index (κ1) is 20.9. The molecular formula is C28H30N4O2. The zero-order valence-electron chi connectivity index (χ0n) is 19.2. The number of fused-ring (bicyclic) bond motifs is 1. The summed E-state index contributed by atoms with van der Waals surface area (Å²) in [6, 6.07) is 22.3. The molecule has 174 valence electrons. The van der Waals surface area contributed by atoms with Crippen LogP contribution in [0.1, 0.15) is 41.8 Å². The van der Waals surface area contributed by atoms with Crippen molar-refractivity contribution in [1.29, 1.82) is 0 Å². The number of aryl methyl sites for hydroxylation is 1. The van der Waals surface area contributed by atoms with Gasteiger partial charge in [-0.15, -0.1) is 0 Å². The molecule has 3 N–H and O–H groups in total. The minimum absolute atomic E-state index is 0. The van der Waals surface area contributed by atoms with Crippen LogP contribution in [-0.2, 0) is 0 Å². The Bertz CT molecular complexity index is 1360. The predicted octanol–water partition coefficient (Wildman–Crippen LogP) is 4.85. The molecule has 2 aliphatic rings. The van der Waals surface area contributed by atoms with Crippen molar-refractivity contribution >= 4 is 22.5 Å². The van der Waals surface area contributed by atoms with E-state index in [1.165, 1.54) is 11.1 Å². The number of benzene rings is 3. The van der Waals surface area contributed by atoms with Crippen LogP contribution >= 0.6 is 0 Å². The summed E-state index contributed by atoms with van der Waals surface area (Å²) in [6.07, 6.45) is 2.07. The lowest BCUT2D eigenvalue weighted by molar-refractivity contribution is 0.0931. The highest BCUT2D eigenvalue weighted by atomic mass is 16.3. The lowest BCUT2D eigenvalue weighted by Crippen LogP contribution is -2.50. The summed E-state index contributed by atoms with van der Waals surface area (Å²) in [5.41, 5.74) is 6.87. The van der Waals surface area contributed by atoms with Gasteiger partial charge in [0.15, 0.2) is 0 Å². The Morgan fingerprint density at radius 1 is 1.12 bits per heavy atom. The molecule has 0 bridgehead atoms. The Balaban J connectivity index is 0.00000253. The van der Waals surface area contributed by atoms with Crippen LogP contribution in [0.15, 0.2) is 66.7 Å². The van der Waals surface area contributed by atoms with Gasteiger partial charge in [0.05, 0.1) is 23.4 Å². The van der Waals surface area contributed by atoms with E-state index in [0.717, 1.165) is 40.7 Å². The summed E-state index contributed by atoms with van der Waals surface area (Å²) < 4.78 is 0. The van der Waals surface area contributed by atoms with Crippen molar-refractivity contribution in [3.63, 3.8) is 0 Å². The van der Waals surface area contributed by atoms with E-state index >= 15 is 0 Å². The zero-order chi connectivity index (χ0) is 23.2. The highest BCUT2D eigenvalue weighted by molar-refractivity contribution is 6.01. The molecule has 0 radical (unpaired) electrons. The normalized spacial score (nSPS) is 16.9. The number of aromatic amines is 1. The molecule has 3 aromatic carbocycles. The van der Waals surface area contributed by atoms with Gasteiger partial charge in [0.2, 0.25) is 0 Å². The zero-order valence-corrected chi connectivity index (χ0v) is 19.2. The summed E-state index contributed by atoms with van der Waals surface area (Å²) >= 11 is 0. The number of amides is 1. The standard InChI is InChI=1S/C28H28N4O2.H2/c1-17-4-2-3-5-23(17)26(18-6-7-18)29-28(34)20-10-13-25-24(14-20)27(31-30-25)19-8-11-21(12-9-19)32-15-22(33)16-32;/h2-5,8-14,18,22,26,33H,6-7,15-16H2,1H3,(H,29,34)(H,30,31);1H. The Morgan fingerprint density at radius 3 is 2.59 bits per heavy atom. The number of hydrogen-bond acceptors (Lipinski definition) is 4. The van der Waals surface area contributed by atoms with E-state index in [1.54, 1.807) is 0 Å². The largest absolute Gasteiger partial charge is 0.389 e. The van der Waals surface area contributed by atoms with Crippen LogP contribution in [-0.4, -0.2) is 40.4 Å². The van der Waals surface area contributed by atoms with Gasteiger partial charge in [-0.25, -0.2) is 0 Å². The monoisotopic (exact) mass is 454 g/mol. The van der Waals surface area contributed by atoms with Gasteiger partial charge in [-0.3, -0.25) is 9.89 Å². The number of hydrogen-bond donors (Lipinski definition) is 3. The Hall–Kier alpha value is -3.64. The van der Waals surface area contributed by atoms with E-state index in [9.17, 15) is 9.90 Å². The van der Waals surface area contributed by atoms with Crippen molar-refractivity contribution in [3.05, 3.63) is 83.4 Å². The molecule has 1 unspecified atom stereocenters. The maximum atomic E-state index is 13.3. The average molecular weight is 455 g/mol. The Morgan fingerprint density at radius 2 is 1.88 bits per heavy atom. The fourth-order valence-electron chi connectivity index (χ4n) is 4.91. The number of nitrogens with zero attached hydrogens (tertiary/aromatic N) is 2. The number of aliphatic hydroxyl groups excluding tert-OH is 1. The van der Waals surface area contributed by atoms with Gasteiger partial charge in [0.25, 0.3) is 5.91 Å². The number of β-amino-alcohol motifs (C(OH)–C–C–N with tert-alkyl or cyclic N) is 1. The fraction of sp³-hybridized carbons (Fsp3) is 0.286. The maximum Gasteiger partial charge on any atom is 0.251 e. The molecule has 1 aliphatic carbocycles. The third-order valence-corrected chi connectivity index (χ3v) is 7.10. The van der Waals surface area contributed by atoms with E-state index < -0.39 is 0 Å². The molecule has 4 aromatic rings. The molecule has 34 heavy (non-hydrogen) atoms. The van der Waals surface area contributed by atoms with Crippen molar-refractivity contribution in [1.82, 2.24) is 15.5 Å². The molecule has 1 atom stereocenters. The molecule has 6 rings (SSSR count). The number of carbonyl (C=O) groups excluding carboxylic acids is 1. The number of aliphatic hydroxyl groups is 1. The summed E-state index contributed by atoms with van der Waals surface area (Å²) in [7, 11) is 0. The first-order valence-electron chi connectivity index (χ1n) is 11.9. The second-order valence-electron chi connectivity index (χ2n) is 9.58. The molecule has 6 nitrogen and oxygen atoms in total. The number of aromatic nitrogens is 2. The quantitative estimate of drug-likeness (QED) is 0.389. The summed E-state index contributed by atoms with van der Waals surface area (Å²) in [4.78, 5) is 15.4. The third-order valence-electron chi connectivity index (χ3n) is 7.10. The van der Waals surface area contributed by atoms with Gasteiger partial charge in [0.1, 0.15) is 0 Å². The average Bonchev–Trinajstić information content (AvgIpc) is 3.59. The third kappa shape index (κ3) is 3.84. The molecule has 2 fully saturated rings. The maximum absolute atomic E-state index is 13.3. The lowest BCUT2D eigenvalue weighted by atomic mass is 9.97. The number of anilines is 1. The molecule has 1 amide bonds. The molecule has 1 aliphatic heterocycles. The lowest BCUT2D eigenvalue weighted by Gasteiger charge is -2.37. The van der Waals surface area contributed by atoms with Crippen molar-refractivity contribution in [2.24, 2.45) is 5.92 Å². The number of carbonyl (C=O) groups is 1. The highest BCUT2D eigenvalue weighted by Gasteiger charge is 2.34. The molecule has 0 spiro atoms. The van der Waals surface area contributed by atoms with E-state index in [0.29, 0.717) is 24.6 Å². The molecular weight excluding hydrogens is 424 g/mol. The van der Waals surface area contributed by atoms with Crippen molar-refractivity contribution in [2.45, 2.75) is 31.9 Å². The molecule has 1 saturated heterocycles. The molecule has 2 heterocycles. The van der Waals surface area contributed by atoms with E-state index in [4.69, 9.17) is 0 Å². The van der Waals surface area contributed by atoms with Gasteiger partial charge < -0.3 is 15.3 Å². The van der Waals surface area contributed by atoms with Crippen LogP contribution in [0.2, 0.25) is 0 Å². The van der Waals surface area contributed by atoms with Crippen LogP contribution in [0.3, 0.4) is 0 Å². The van der Waals surface area contributed by atoms with Crippen LogP contribution in [0.25, 0.3) is 22.2 Å².